The highest BCUT2D eigenvalue weighted by atomic mass is 16.5. The van der Waals surface area contributed by atoms with E-state index in [0.29, 0.717) is 17.8 Å². The number of rotatable bonds is 3. The zero-order valence-corrected chi connectivity index (χ0v) is 12.4. The van der Waals surface area contributed by atoms with E-state index in [-0.39, 0.29) is 0 Å². The Labute approximate surface area is 128 Å². The van der Waals surface area contributed by atoms with Crippen molar-refractivity contribution in [2.45, 2.75) is 18.9 Å². The molecule has 0 radical (unpaired) electrons. The van der Waals surface area contributed by atoms with Gasteiger partial charge >= 0.3 is 12.2 Å². The molecule has 0 heterocycles. The molecular formula is C16H18N2O4. The fourth-order valence-corrected chi connectivity index (χ4v) is 2.32. The lowest BCUT2D eigenvalue weighted by molar-refractivity contribution is 0.162. The number of amides is 2. The summed E-state index contributed by atoms with van der Waals surface area (Å²) < 4.78 is 4.61. The maximum absolute atomic E-state index is 11.6. The van der Waals surface area contributed by atoms with Crippen LogP contribution in [0.3, 0.4) is 0 Å². The summed E-state index contributed by atoms with van der Waals surface area (Å²) in [6.07, 6.45) is 4.16. The number of carbonyl (C=O) groups excluding carboxylic acids is 1. The molecule has 0 aromatic heterocycles. The molecule has 0 fully saturated rings. The number of carboxylic acid groups (broad SMARTS) is 1. The molecular weight excluding hydrogens is 284 g/mol. The van der Waals surface area contributed by atoms with Crippen LogP contribution in [0.25, 0.3) is 0 Å². The first kappa shape index (κ1) is 15.6. The zero-order valence-electron chi connectivity index (χ0n) is 12.4. The molecule has 22 heavy (non-hydrogen) atoms. The van der Waals surface area contributed by atoms with Gasteiger partial charge in [-0.25, -0.2) is 14.5 Å². The van der Waals surface area contributed by atoms with E-state index in [1.54, 1.807) is 43.3 Å². The first-order valence-corrected chi connectivity index (χ1v) is 6.79. The van der Waals surface area contributed by atoms with Crippen molar-refractivity contribution < 1.29 is 19.4 Å². The first-order valence-electron chi connectivity index (χ1n) is 6.79. The van der Waals surface area contributed by atoms with Gasteiger partial charge in [-0.1, -0.05) is 24.3 Å². The van der Waals surface area contributed by atoms with E-state index in [0.717, 1.165) is 0 Å². The van der Waals surface area contributed by atoms with Crippen LogP contribution in [-0.4, -0.2) is 29.9 Å². The number of methoxy groups -OCH3 is 1. The Kier molecular flexibility index (Phi) is 4.50. The van der Waals surface area contributed by atoms with Crippen LogP contribution < -0.4 is 10.2 Å². The average Bonchev–Trinajstić information content (AvgIpc) is 2.47. The van der Waals surface area contributed by atoms with E-state index in [9.17, 15) is 14.7 Å². The van der Waals surface area contributed by atoms with Crippen LogP contribution in [0.15, 0.2) is 54.3 Å². The number of hydrogen-bond donors (Lipinski definition) is 2. The summed E-state index contributed by atoms with van der Waals surface area (Å²) in [6.45, 7) is 1.80. The molecule has 2 rings (SSSR count). The smallest absolute Gasteiger partial charge is 0.416 e. The van der Waals surface area contributed by atoms with Gasteiger partial charge in [0.15, 0.2) is 0 Å². The molecule has 0 aliphatic heterocycles. The normalized spacial score (nSPS) is 20.0. The Morgan fingerprint density at radius 1 is 1.32 bits per heavy atom. The topological polar surface area (TPSA) is 78.9 Å². The van der Waals surface area contributed by atoms with E-state index in [1.807, 2.05) is 12.1 Å². The van der Waals surface area contributed by atoms with Gasteiger partial charge in [0.1, 0.15) is 0 Å². The predicted molar refractivity (Wildman–Crippen MR) is 82.7 cm³/mol. The Balaban J connectivity index is 2.35. The van der Waals surface area contributed by atoms with Gasteiger partial charge in [-0.3, -0.25) is 0 Å². The number of ether oxygens (including phenoxy) is 1. The summed E-state index contributed by atoms with van der Waals surface area (Å²) in [5.41, 5.74) is 0.303. The summed E-state index contributed by atoms with van der Waals surface area (Å²) in [6, 6.07) is 8.77. The summed E-state index contributed by atoms with van der Waals surface area (Å²) in [4.78, 5) is 24.3. The number of nitrogens with one attached hydrogen (secondary N) is 1. The van der Waals surface area contributed by atoms with Gasteiger partial charge in [0.2, 0.25) is 0 Å². The number of allylic oxidation sites excluding steroid dienone is 1. The van der Waals surface area contributed by atoms with Crippen molar-refractivity contribution in [3.8, 4) is 0 Å². The largest absolute Gasteiger partial charge is 0.464 e. The van der Waals surface area contributed by atoms with Gasteiger partial charge in [-0.2, -0.15) is 0 Å². The van der Waals surface area contributed by atoms with E-state index < -0.39 is 17.7 Å². The van der Waals surface area contributed by atoms with Crippen molar-refractivity contribution in [1.29, 1.82) is 0 Å². The molecule has 6 heteroatoms. The molecule has 0 saturated heterocycles. The zero-order chi connectivity index (χ0) is 16.2. The maximum atomic E-state index is 11.6. The van der Waals surface area contributed by atoms with Gasteiger partial charge in [-0.15, -0.1) is 0 Å². The first-order chi connectivity index (χ1) is 10.4. The van der Waals surface area contributed by atoms with Crippen LogP contribution in [0.4, 0.5) is 15.3 Å². The number of alkyl carbamates (subject to hydrolysis) is 1. The average molecular weight is 302 g/mol. The fourth-order valence-electron chi connectivity index (χ4n) is 2.32. The van der Waals surface area contributed by atoms with Crippen molar-refractivity contribution in [1.82, 2.24) is 5.32 Å². The van der Waals surface area contributed by atoms with Crippen molar-refractivity contribution in [3.05, 3.63) is 54.3 Å². The van der Waals surface area contributed by atoms with E-state index in [2.05, 4.69) is 10.1 Å². The van der Waals surface area contributed by atoms with Gasteiger partial charge in [0.25, 0.3) is 0 Å². The molecule has 2 amide bonds. The Morgan fingerprint density at radius 3 is 2.59 bits per heavy atom. The van der Waals surface area contributed by atoms with Gasteiger partial charge in [-0.05, 0) is 37.6 Å². The molecule has 1 atom stereocenters. The van der Waals surface area contributed by atoms with E-state index >= 15 is 0 Å². The van der Waals surface area contributed by atoms with Crippen LogP contribution in [-0.2, 0) is 4.74 Å². The maximum Gasteiger partial charge on any atom is 0.416 e. The second-order valence-electron chi connectivity index (χ2n) is 5.16. The summed E-state index contributed by atoms with van der Waals surface area (Å²) in [5.74, 6) is 0. The highest BCUT2D eigenvalue weighted by Gasteiger charge is 2.29. The van der Waals surface area contributed by atoms with Crippen molar-refractivity contribution in [2.75, 3.05) is 12.0 Å². The minimum absolute atomic E-state index is 0.476. The third kappa shape index (κ3) is 3.46. The third-order valence-corrected chi connectivity index (χ3v) is 3.33. The lowest BCUT2D eigenvalue weighted by atomic mass is 9.92. The number of carbonyl (C=O) groups is 2. The van der Waals surface area contributed by atoms with Crippen LogP contribution in [0.1, 0.15) is 13.3 Å². The van der Waals surface area contributed by atoms with Crippen LogP contribution in [0.2, 0.25) is 0 Å². The van der Waals surface area contributed by atoms with Crippen molar-refractivity contribution in [3.63, 3.8) is 0 Å². The number of benzene rings is 1. The van der Waals surface area contributed by atoms with Crippen molar-refractivity contribution >= 4 is 17.9 Å². The van der Waals surface area contributed by atoms with Gasteiger partial charge < -0.3 is 15.2 Å². The Morgan fingerprint density at radius 2 is 2.00 bits per heavy atom. The molecule has 1 aromatic carbocycles. The quantitative estimate of drug-likeness (QED) is 0.899. The highest BCUT2D eigenvalue weighted by Crippen LogP contribution is 2.27. The van der Waals surface area contributed by atoms with Gasteiger partial charge in [0.05, 0.1) is 24.0 Å². The predicted octanol–water partition coefficient (Wildman–Crippen LogP) is 3.13. The summed E-state index contributed by atoms with van der Waals surface area (Å²) in [5, 5.41) is 12.2. The lowest BCUT2D eigenvalue weighted by Gasteiger charge is -2.31. The third-order valence-electron chi connectivity index (χ3n) is 3.33. The Hall–Kier alpha value is -2.76. The lowest BCUT2D eigenvalue weighted by Crippen LogP contribution is -2.46. The number of anilines is 1. The monoisotopic (exact) mass is 302 g/mol. The second-order valence-corrected chi connectivity index (χ2v) is 5.16. The number of nitrogens with zero attached hydrogens (tertiary/aromatic N) is 1. The second kappa shape index (κ2) is 6.34. The minimum atomic E-state index is -1.09. The molecule has 1 aliphatic rings. The SMILES string of the molecule is COC(=O)NC1(C)C=C(N(C(=O)O)c2ccccc2)C=CC1. The molecule has 0 spiro atoms. The van der Waals surface area contributed by atoms with Crippen LogP contribution in [0.5, 0.6) is 0 Å². The Bertz CT molecular complexity index is 624. The molecule has 1 aromatic rings. The minimum Gasteiger partial charge on any atom is -0.464 e. The molecule has 1 aliphatic carbocycles. The van der Waals surface area contributed by atoms with Gasteiger partial charge in [0, 0.05) is 0 Å². The molecule has 116 valence electrons. The molecule has 0 bridgehead atoms. The van der Waals surface area contributed by atoms with Crippen LogP contribution >= 0.6 is 0 Å². The van der Waals surface area contributed by atoms with E-state index in [1.165, 1.54) is 12.0 Å². The molecule has 2 N–H and O–H groups in total. The highest BCUT2D eigenvalue weighted by molar-refractivity contribution is 5.90. The molecule has 1 unspecified atom stereocenters. The summed E-state index contributed by atoms with van der Waals surface area (Å²) >= 11 is 0. The van der Waals surface area contributed by atoms with E-state index in [4.69, 9.17) is 0 Å². The van der Waals surface area contributed by atoms with Crippen molar-refractivity contribution in [2.24, 2.45) is 0 Å². The standard InChI is InChI=1S/C16H18N2O4/c1-16(17-14(19)22-2)10-6-9-13(11-16)18(15(20)21)12-7-4-3-5-8-12/h3-9,11H,10H2,1-2H3,(H,17,19)(H,20,21). The molecule has 6 nitrogen and oxygen atoms in total. The fraction of sp³-hybridized carbons (Fsp3) is 0.250. The molecule has 0 saturated carbocycles. The number of hydrogen-bond acceptors (Lipinski definition) is 3. The summed E-state index contributed by atoms with van der Waals surface area (Å²) in [7, 11) is 1.29. The number of para-hydroxylation sites is 1. The van der Waals surface area contributed by atoms with Crippen LogP contribution in [0, 0.1) is 0 Å².